The van der Waals surface area contributed by atoms with Crippen LogP contribution in [0.5, 0.6) is 0 Å². The zero-order chi connectivity index (χ0) is 21.3. The molecule has 0 amide bonds. The summed E-state index contributed by atoms with van der Waals surface area (Å²) in [6, 6.07) is 10.4. The first-order valence-corrected chi connectivity index (χ1v) is 13.1. The minimum absolute atomic E-state index is 0.212. The fourth-order valence-electron chi connectivity index (χ4n) is 4.46. The highest BCUT2D eigenvalue weighted by Crippen LogP contribution is 2.45. The highest BCUT2D eigenvalue weighted by Gasteiger charge is 2.34. The average molecular weight is 417 g/mol. The Morgan fingerprint density at radius 2 is 1.43 bits per heavy atom. The summed E-state index contributed by atoms with van der Waals surface area (Å²) >= 11 is 0. The van der Waals surface area contributed by atoms with Crippen LogP contribution in [0, 0.1) is 11.8 Å². The Morgan fingerprint density at radius 1 is 0.800 bits per heavy atom. The van der Waals surface area contributed by atoms with Crippen LogP contribution >= 0.6 is 0 Å². The van der Waals surface area contributed by atoms with Crippen LogP contribution in [0.3, 0.4) is 0 Å². The molecule has 0 radical (unpaired) electrons. The molecule has 0 aromatic heterocycles. The van der Waals surface area contributed by atoms with Crippen molar-refractivity contribution < 1.29 is 9.47 Å². The third-order valence-electron chi connectivity index (χ3n) is 6.70. The van der Waals surface area contributed by atoms with Crippen LogP contribution in [0.4, 0.5) is 0 Å². The van der Waals surface area contributed by atoms with Gasteiger partial charge in [0.1, 0.15) is 0 Å². The third kappa shape index (κ3) is 12.1. The Hall–Kier alpha value is -0.860. The van der Waals surface area contributed by atoms with Gasteiger partial charge in [-0.15, -0.1) is 0 Å². The molecule has 1 saturated carbocycles. The quantitative estimate of drug-likeness (QED) is 0.199. The molecule has 0 saturated heterocycles. The maximum atomic E-state index is 5.99. The monoisotopic (exact) mass is 416 g/mol. The molecule has 1 aromatic rings. The summed E-state index contributed by atoms with van der Waals surface area (Å²) in [5, 5.41) is 0. The van der Waals surface area contributed by atoms with Crippen LogP contribution in [0.1, 0.15) is 109 Å². The van der Waals surface area contributed by atoms with E-state index in [-0.39, 0.29) is 6.10 Å². The standard InChI is InChI=1S/C28H48O2/c1-3-5-6-7-8-14-19-26-22-27(26)20-15-9-10-16-21-29-24-28(4-2)30-23-25-17-12-11-13-18-25/h11-13,17-18,26-28H,3-10,14-16,19-24H2,1-2H3. The number of hydrogen-bond acceptors (Lipinski definition) is 2. The second-order valence-electron chi connectivity index (χ2n) is 9.42. The van der Waals surface area contributed by atoms with Crippen molar-refractivity contribution in [1.29, 1.82) is 0 Å². The van der Waals surface area contributed by atoms with Gasteiger partial charge in [0.15, 0.2) is 0 Å². The summed E-state index contributed by atoms with van der Waals surface area (Å²) in [5.41, 5.74) is 1.24. The van der Waals surface area contributed by atoms with Gasteiger partial charge >= 0.3 is 0 Å². The summed E-state index contributed by atoms with van der Waals surface area (Å²) in [4.78, 5) is 0. The van der Waals surface area contributed by atoms with Crippen LogP contribution in [0.15, 0.2) is 30.3 Å². The maximum Gasteiger partial charge on any atom is 0.0810 e. The number of ether oxygens (including phenoxy) is 2. The largest absolute Gasteiger partial charge is 0.379 e. The molecule has 0 spiro atoms. The van der Waals surface area contributed by atoms with E-state index in [9.17, 15) is 0 Å². The van der Waals surface area contributed by atoms with Crippen molar-refractivity contribution in [2.45, 2.75) is 116 Å². The van der Waals surface area contributed by atoms with Gasteiger partial charge in [-0.25, -0.2) is 0 Å². The van der Waals surface area contributed by atoms with E-state index in [1.807, 2.05) is 6.07 Å². The SMILES string of the molecule is CCCCCCCCC1CC1CCCCCCOCC(CC)OCc1ccccc1. The molecule has 0 N–H and O–H groups in total. The van der Waals surface area contributed by atoms with Crippen LogP contribution in [-0.2, 0) is 16.1 Å². The minimum atomic E-state index is 0.212. The zero-order valence-electron chi connectivity index (χ0n) is 20.0. The number of rotatable bonds is 20. The van der Waals surface area contributed by atoms with E-state index in [2.05, 4.69) is 38.1 Å². The van der Waals surface area contributed by atoms with Crippen LogP contribution < -0.4 is 0 Å². The first-order valence-electron chi connectivity index (χ1n) is 13.1. The maximum absolute atomic E-state index is 5.99. The zero-order valence-corrected chi connectivity index (χ0v) is 20.0. The topological polar surface area (TPSA) is 18.5 Å². The molecule has 0 bridgehead atoms. The second kappa shape index (κ2) is 16.8. The Labute approximate surface area is 187 Å². The first-order chi connectivity index (χ1) is 14.8. The first kappa shape index (κ1) is 25.4. The van der Waals surface area contributed by atoms with Gasteiger partial charge in [-0.05, 0) is 36.7 Å². The molecule has 1 aliphatic carbocycles. The van der Waals surface area contributed by atoms with Gasteiger partial charge < -0.3 is 9.47 Å². The molecule has 3 atom stereocenters. The van der Waals surface area contributed by atoms with E-state index in [1.165, 1.54) is 89.0 Å². The minimum Gasteiger partial charge on any atom is -0.379 e. The van der Waals surface area contributed by atoms with E-state index < -0.39 is 0 Å². The molecule has 1 aliphatic rings. The lowest BCUT2D eigenvalue weighted by Gasteiger charge is -2.16. The van der Waals surface area contributed by atoms with Gasteiger partial charge in [-0.1, -0.05) is 115 Å². The Morgan fingerprint density at radius 3 is 2.10 bits per heavy atom. The summed E-state index contributed by atoms with van der Waals surface area (Å²) in [6.07, 6.45) is 19.7. The van der Waals surface area contributed by atoms with Crippen molar-refractivity contribution in [3.8, 4) is 0 Å². The highest BCUT2D eigenvalue weighted by molar-refractivity contribution is 5.13. The Kier molecular flexibility index (Phi) is 14.2. The molecular weight excluding hydrogens is 368 g/mol. The summed E-state index contributed by atoms with van der Waals surface area (Å²) < 4.78 is 11.9. The molecule has 2 nitrogen and oxygen atoms in total. The summed E-state index contributed by atoms with van der Waals surface area (Å²) in [7, 11) is 0. The lowest BCUT2D eigenvalue weighted by molar-refractivity contribution is -0.0269. The Bertz CT molecular complexity index is 501. The van der Waals surface area contributed by atoms with Gasteiger partial charge in [0.2, 0.25) is 0 Å². The molecule has 1 fully saturated rings. The predicted molar refractivity (Wildman–Crippen MR) is 129 cm³/mol. The molecule has 0 heterocycles. The van der Waals surface area contributed by atoms with Crippen molar-refractivity contribution in [2.75, 3.05) is 13.2 Å². The fourth-order valence-corrected chi connectivity index (χ4v) is 4.46. The second-order valence-corrected chi connectivity index (χ2v) is 9.42. The number of hydrogen-bond donors (Lipinski definition) is 0. The van der Waals surface area contributed by atoms with Crippen LogP contribution in [-0.4, -0.2) is 19.3 Å². The van der Waals surface area contributed by atoms with Crippen molar-refractivity contribution in [3.63, 3.8) is 0 Å². The molecule has 3 unspecified atom stereocenters. The van der Waals surface area contributed by atoms with Crippen LogP contribution in [0.2, 0.25) is 0 Å². The molecule has 0 aliphatic heterocycles. The molecule has 1 aromatic carbocycles. The summed E-state index contributed by atoms with van der Waals surface area (Å²) in [5.74, 6) is 2.16. The smallest absolute Gasteiger partial charge is 0.0810 e. The third-order valence-corrected chi connectivity index (χ3v) is 6.70. The van der Waals surface area contributed by atoms with Gasteiger partial charge in [-0.3, -0.25) is 0 Å². The highest BCUT2D eigenvalue weighted by atomic mass is 16.5. The van der Waals surface area contributed by atoms with E-state index >= 15 is 0 Å². The van der Waals surface area contributed by atoms with Crippen molar-refractivity contribution in [1.82, 2.24) is 0 Å². The number of unbranched alkanes of at least 4 members (excludes halogenated alkanes) is 8. The van der Waals surface area contributed by atoms with Crippen molar-refractivity contribution >= 4 is 0 Å². The van der Waals surface area contributed by atoms with Crippen molar-refractivity contribution in [2.24, 2.45) is 11.8 Å². The van der Waals surface area contributed by atoms with Gasteiger partial charge in [-0.2, -0.15) is 0 Å². The van der Waals surface area contributed by atoms with Gasteiger partial charge in [0, 0.05) is 6.61 Å². The molecule has 2 rings (SSSR count). The fraction of sp³-hybridized carbons (Fsp3) is 0.786. The van der Waals surface area contributed by atoms with E-state index in [0.717, 1.165) is 31.5 Å². The van der Waals surface area contributed by atoms with Gasteiger partial charge in [0.25, 0.3) is 0 Å². The molecular formula is C28H48O2. The molecule has 30 heavy (non-hydrogen) atoms. The number of benzene rings is 1. The lowest BCUT2D eigenvalue weighted by Crippen LogP contribution is -2.19. The summed E-state index contributed by atoms with van der Waals surface area (Å²) in [6.45, 7) is 6.77. The Balaban J connectivity index is 1.34. The normalized spacial score (nSPS) is 19.1. The van der Waals surface area contributed by atoms with Crippen molar-refractivity contribution in [3.05, 3.63) is 35.9 Å². The lowest BCUT2D eigenvalue weighted by atomic mass is 10.0. The van der Waals surface area contributed by atoms with E-state index in [0.29, 0.717) is 6.61 Å². The van der Waals surface area contributed by atoms with E-state index in [1.54, 1.807) is 0 Å². The van der Waals surface area contributed by atoms with Gasteiger partial charge in [0.05, 0.1) is 19.3 Å². The van der Waals surface area contributed by atoms with Crippen LogP contribution in [0.25, 0.3) is 0 Å². The average Bonchev–Trinajstić information content (AvgIpc) is 3.53. The molecule has 2 heteroatoms. The molecule has 172 valence electrons. The predicted octanol–water partition coefficient (Wildman–Crippen LogP) is 8.34. The van der Waals surface area contributed by atoms with E-state index in [4.69, 9.17) is 9.47 Å².